The second-order valence-corrected chi connectivity index (χ2v) is 9.28. The summed E-state index contributed by atoms with van der Waals surface area (Å²) in [5.74, 6) is 0.107. The minimum absolute atomic E-state index is 0.0802. The fourth-order valence-corrected chi connectivity index (χ4v) is 3.64. The van der Waals surface area contributed by atoms with Crippen LogP contribution in [0, 0.1) is 16.7 Å². The SMILES string of the molecule is CC(OCCOC(=O)C(C)(CC(C)(C)C)C(C)C)OC1CCCCC1. The Morgan fingerprint density at radius 1 is 1.00 bits per heavy atom. The number of rotatable bonds is 9. The van der Waals surface area contributed by atoms with Gasteiger partial charge in [-0.05, 0) is 44.4 Å². The molecule has 4 nitrogen and oxygen atoms in total. The molecule has 2 unspecified atom stereocenters. The fourth-order valence-electron chi connectivity index (χ4n) is 3.64. The van der Waals surface area contributed by atoms with Crippen molar-refractivity contribution in [2.45, 2.75) is 99.4 Å². The van der Waals surface area contributed by atoms with Crippen LogP contribution in [-0.2, 0) is 19.0 Å². The Kier molecular flexibility index (Phi) is 8.90. The third kappa shape index (κ3) is 8.08. The van der Waals surface area contributed by atoms with Crippen molar-refractivity contribution in [3.63, 3.8) is 0 Å². The third-order valence-electron chi connectivity index (χ3n) is 5.24. The highest BCUT2D eigenvalue weighted by molar-refractivity contribution is 5.76. The van der Waals surface area contributed by atoms with Crippen LogP contribution in [0.3, 0.4) is 0 Å². The quantitative estimate of drug-likeness (QED) is 0.318. The van der Waals surface area contributed by atoms with Crippen molar-refractivity contribution >= 4 is 5.97 Å². The Balaban J connectivity index is 2.34. The lowest BCUT2D eigenvalue weighted by molar-refractivity contribution is -0.181. The standard InChI is InChI=1S/C21H40O4/c1-16(2)21(7,15-20(4,5)6)19(22)24-14-13-23-17(3)25-18-11-9-8-10-12-18/h16-18H,8-15H2,1-7H3. The molecule has 4 heteroatoms. The van der Waals surface area contributed by atoms with E-state index in [0.29, 0.717) is 12.7 Å². The Bertz CT molecular complexity index is 393. The van der Waals surface area contributed by atoms with Crippen molar-refractivity contribution in [3.05, 3.63) is 0 Å². The van der Waals surface area contributed by atoms with Crippen LogP contribution >= 0.6 is 0 Å². The first-order valence-corrected chi connectivity index (χ1v) is 9.99. The van der Waals surface area contributed by atoms with E-state index < -0.39 is 5.41 Å². The van der Waals surface area contributed by atoms with Gasteiger partial charge in [-0.25, -0.2) is 0 Å². The summed E-state index contributed by atoms with van der Waals surface area (Å²) in [6.07, 6.45) is 6.94. The highest BCUT2D eigenvalue weighted by Gasteiger charge is 2.41. The molecule has 0 spiro atoms. The molecule has 25 heavy (non-hydrogen) atoms. The summed E-state index contributed by atoms with van der Waals surface area (Å²) in [6.45, 7) is 15.3. The molecule has 0 amide bonds. The summed E-state index contributed by atoms with van der Waals surface area (Å²) in [5.41, 5.74) is -0.390. The number of ether oxygens (including phenoxy) is 3. The van der Waals surface area contributed by atoms with Gasteiger partial charge < -0.3 is 14.2 Å². The van der Waals surface area contributed by atoms with E-state index in [9.17, 15) is 4.79 Å². The van der Waals surface area contributed by atoms with E-state index in [1.165, 1.54) is 19.3 Å². The Morgan fingerprint density at radius 2 is 1.60 bits per heavy atom. The van der Waals surface area contributed by atoms with Crippen LogP contribution in [-0.4, -0.2) is 31.6 Å². The van der Waals surface area contributed by atoms with Crippen molar-refractivity contribution in [2.75, 3.05) is 13.2 Å². The van der Waals surface area contributed by atoms with Gasteiger partial charge in [0.25, 0.3) is 0 Å². The molecule has 0 aliphatic heterocycles. The Hall–Kier alpha value is -0.610. The molecule has 148 valence electrons. The molecule has 0 heterocycles. The molecular formula is C21H40O4. The van der Waals surface area contributed by atoms with Crippen LogP contribution in [0.5, 0.6) is 0 Å². The zero-order valence-corrected chi connectivity index (χ0v) is 17.5. The van der Waals surface area contributed by atoms with Gasteiger partial charge in [-0.1, -0.05) is 53.9 Å². The van der Waals surface area contributed by atoms with Gasteiger partial charge in [-0.15, -0.1) is 0 Å². The van der Waals surface area contributed by atoms with Gasteiger partial charge in [0.1, 0.15) is 6.61 Å². The maximum atomic E-state index is 12.6. The van der Waals surface area contributed by atoms with E-state index in [1.54, 1.807) is 0 Å². The molecule has 0 saturated heterocycles. The lowest BCUT2D eigenvalue weighted by Crippen LogP contribution is -2.39. The second-order valence-electron chi connectivity index (χ2n) is 9.28. The predicted molar refractivity (Wildman–Crippen MR) is 101 cm³/mol. The van der Waals surface area contributed by atoms with Crippen LogP contribution in [0.15, 0.2) is 0 Å². The molecular weight excluding hydrogens is 316 g/mol. The topological polar surface area (TPSA) is 44.8 Å². The van der Waals surface area contributed by atoms with Gasteiger partial charge in [-0.3, -0.25) is 4.79 Å². The average Bonchev–Trinajstić information content (AvgIpc) is 2.50. The molecule has 0 radical (unpaired) electrons. The van der Waals surface area contributed by atoms with Crippen LogP contribution in [0.2, 0.25) is 0 Å². The molecule has 1 aliphatic rings. The van der Waals surface area contributed by atoms with Gasteiger partial charge in [0.15, 0.2) is 6.29 Å². The molecule has 0 N–H and O–H groups in total. The molecule has 2 atom stereocenters. The zero-order valence-electron chi connectivity index (χ0n) is 17.5. The largest absolute Gasteiger partial charge is 0.463 e. The van der Waals surface area contributed by atoms with Gasteiger partial charge in [0.05, 0.1) is 18.1 Å². The summed E-state index contributed by atoms with van der Waals surface area (Å²) >= 11 is 0. The average molecular weight is 357 g/mol. The Labute approximate surface area is 155 Å². The van der Waals surface area contributed by atoms with Gasteiger partial charge in [0, 0.05) is 0 Å². The van der Waals surface area contributed by atoms with Crippen LogP contribution < -0.4 is 0 Å². The highest BCUT2D eigenvalue weighted by atomic mass is 16.7. The van der Waals surface area contributed by atoms with Crippen molar-refractivity contribution in [1.29, 1.82) is 0 Å². The summed E-state index contributed by atoms with van der Waals surface area (Å²) in [7, 11) is 0. The van der Waals surface area contributed by atoms with E-state index in [1.807, 2.05) is 13.8 Å². The molecule has 1 fully saturated rings. The third-order valence-corrected chi connectivity index (χ3v) is 5.24. The zero-order chi connectivity index (χ0) is 19.1. The number of esters is 1. The monoisotopic (exact) mass is 356 g/mol. The Morgan fingerprint density at radius 3 is 2.12 bits per heavy atom. The first-order valence-electron chi connectivity index (χ1n) is 9.99. The van der Waals surface area contributed by atoms with E-state index >= 15 is 0 Å². The number of carbonyl (C=O) groups excluding carboxylic acids is 1. The first-order chi connectivity index (χ1) is 11.5. The van der Waals surface area contributed by atoms with Crippen molar-refractivity contribution < 1.29 is 19.0 Å². The molecule has 0 aromatic rings. The van der Waals surface area contributed by atoms with E-state index in [-0.39, 0.29) is 30.2 Å². The minimum atomic E-state index is -0.470. The van der Waals surface area contributed by atoms with E-state index in [4.69, 9.17) is 14.2 Å². The number of hydrogen-bond acceptors (Lipinski definition) is 4. The second kappa shape index (κ2) is 9.91. The maximum Gasteiger partial charge on any atom is 0.312 e. The van der Waals surface area contributed by atoms with Crippen LogP contribution in [0.1, 0.15) is 87.0 Å². The van der Waals surface area contributed by atoms with Crippen LogP contribution in [0.4, 0.5) is 0 Å². The van der Waals surface area contributed by atoms with Crippen molar-refractivity contribution in [1.82, 2.24) is 0 Å². The minimum Gasteiger partial charge on any atom is -0.463 e. The molecule has 1 rings (SSSR count). The highest BCUT2D eigenvalue weighted by Crippen LogP contribution is 2.40. The molecule has 0 aromatic carbocycles. The lowest BCUT2D eigenvalue weighted by Gasteiger charge is -2.36. The van der Waals surface area contributed by atoms with Crippen molar-refractivity contribution in [3.8, 4) is 0 Å². The van der Waals surface area contributed by atoms with Gasteiger partial charge >= 0.3 is 5.97 Å². The fraction of sp³-hybridized carbons (Fsp3) is 0.952. The van der Waals surface area contributed by atoms with Gasteiger partial charge in [-0.2, -0.15) is 0 Å². The first kappa shape index (κ1) is 22.4. The normalized spacial score (nSPS) is 20.3. The molecule has 0 bridgehead atoms. The number of carbonyl (C=O) groups is 1. The lowest BCUT2D eigenvalue weighted by atomic mass is 9.69. The summed E-state index contributed by atoms with van der Waals surface area (Å²) in [5, 5.41) is 0. The molecule has 1 aliphatic carbocycles. The summed E-state index contributed by atoms with van der Waals surface area (Å²) in [4.78, 5) is 12.6. The van der Waals surface area contributed by atoms with E-state index in [0.717, 1.165) is 19.3 Å². The molecule has 1 saturated carbocycles. The summed E-state index contributed by atoms with van der Waals surface area (Å²) < 4.78 is 17.1. The van der Waals surface area contributed by atoms with Crippen molar-refractivity contribution in [2.24, 2.45) is 16.7 Å². The predicted octanol–water partition coefficient (Wildman–Crippen LogP) is 5.34. The molecule has 0 aromatic heterocycles. The van der Waals surface area contributed by atoms with E-state index in [2.05, 4.69) is 34.6 Å². The van der Waals surface area contributed by atoms with Gasteiger partial charge in [0.2, 0.25) is 0 Å². The summed E-state index contributed by atoms with van der Waals surface area (Å²) in [6, 6.07) is 0. The number of hydrogen-bond donors (Lipinski definition) is 0. The van der Waals surface area contributed by atoms with Crippen LogP contribution in [0.25, 0.3) is 0 Å². The smallest absolute Gasteiger partial charge is 0.312 e. The maximum absolute atomic E-state index is 12.6.